The third-order valence-electron chi connectivity index (χ3n) is 6.11. The van der Waals surface area contributed by atoms with Gasteiger partial charge in [-0.2, -0.15) is 0 Å². The third-order valence-corrected chi connectivity index (χ3v) is 6.11. The van der Waals surface area contributed by atoms with E-state index in [1.54, 1.807) is 0 Å². The average Bonchev–Trinajstić information content (AvgIpc) is 2.85. The van der Waals surface area contributed by atoms with Crippen LogP contribution in [-0.4, -0.2) is 26.4 Å². The first-order chi connectivity index (χ1) is 7.90. The summed E-state index contributed by atoms with van der Waals surface area (Å²) < 4.78 is 11.6. The van der Waals surface area contributed by atoms with E-state index in [4.69, 9.17) is 9.47 Å². The summed E-state index contributed by atoms with van der Waals surface area (Å²) in [6, 6.07) is 0. The Labute approximate surface area is 97.7 Å². The Kier molecular flexibility index (Phi) is 2.14. The molecular formula is C14H22O2. The molecule has 5 unspecified atom stereocenters. The molecule has 2 heterocycles. The highest BCUT2D eigenvalue weighted by molar-refractivity contribution is 5.07. The van der Waals surface area contributed by atoms with Crippen LogP contribution < -0.4 is 0 Å². The molecule has 2 heteroatoms. The Bertz CT molecular complexity index is 290. The van der Waals surface area contributed by atoms with E-state index in [-0.39, 0.29) is 0 Å². The van der Waals surface area contributed by atoms with Crippen molar-refractivity contribution in [2.75, 3.05) is 26.4 Å². The first kappa shape index (κ1) is 9.90. The molecule has 16 heavy (non-hydrogen) atoms. The molecule has 0 aromatic heterocycles. The smallest absolute Gasteiger partial charge is 0.0528 e. The van der Waals surface area contributed by atoms with Crippen LogP contribution in [0.25, 0.3) is 0 Å². The fourth-order valence-corrected chi connectivity index (χ4v) is 5.29. The lowest BCUT2D eigenvalue weighted by molar-refractivity contribution is -0.0789. The van der Waals surface area contributed by atoms with E-state index in [0.29, 0.717) is 5.41 Å². The summed E-state index contributed by atoms with van der Waals surface area (Å²) in [5.74, 6) is 3.66. The molecule has 0 aromatic rings. The summed E-state index contributed by atoms with van der Waals surface area (Å²) in [5.41, 5.74) is 0.585. The monoisotopic (exact) mass is 222 g/mol. The van der Waals surface area contributed by atoms with Gasteiger partial charge in [-0.25, -0.2) is 0 Å². The van der Waals surface area contributed by atoms with Gasteiger partial charge in [-0.05, 0) is 55.8 Å². The van der Waals surface area contributed by atoms with Crippen LogP contribution >= 0.6 is 0 Å². The van der Waals surface area contributed by atoms with Crippen LogP contribution in [-0.2, 0) is 9.47 Å². The van der Waals surface area contributed by atoms with Gasteiger partial charge in [0.2, 0.25) is 0 Å². The summed E-state index contributed by atoms with van der Waals surface area (Å²) >= 11 is 0. The molecular weight excluding hydrogens is 200 g/mol. The van der Waals surface area contributed by atoms with Crippen molar-refractivity contribution in [2.24, 2.45) is 29.1 Å². The molecule has 4 aliphatic rings. The Morgan fingerprint density at radius 2 is 1.94 bits per heavy atom. The van der Waals surface area contributed by atoms with Gasteiger partial charge in [0.1, 0.15) is 0 Å². The maximum Gasteiger partial charge on any atom is 0.0528 e. The van der Waals surface area contributed by atoms with Gasteiger partial charge in [0, 0.05) is 18.6 Å². The van der Waals surface area contributed by atoms with E-state index in [2.05, 4.69) is 0 Å². The van der Waals surface area contributed by atoms with Crippen LogP contribution in [0.5, 0.6) is 0 Å². The quantitative estimate of drug-likeness (QED) is 0.627. The number of fused-ring (bicyclic) bond motifs is 2. The zero-order chi connectivity index (χ0) is 10.6. The Morgan fingerprint density at radius 1 is 0.938 bits per heavy atom. The number of rotatable bonds is 0. The van der Waals surface area contributed by atoms with E-state index in [9.17, 15) is 0 Å². The lowest BCUT2D eigenvalue weighted by Crippen LogP contribution is -2.46. The molecule has 90 valence electrons. The van der Waals surface area contributed by atoms with E-state index in [1.165, 1.54) is 32.1 Å². The van der Waals surface area contributed by atoms with Crippen LogP contribution in [0.15, 0.2) is 0 Å². The van der Waals surface area contributed by atoms with Gasteiger partial charge in [-0.15, -0.1) is 0 Å². The molecule has 4 fully saturated rings. The van der Waals surface area contributed by atoms with Crippen molar-refractivity contribution in [3.8, 4) is 0 Å². The van der Waals surface area contributed by atoms with E-state index < -0.39 is 0 Å². The highest BCUT2D eigenvalue weighted by Gasteiger charge is 2.59. The summed E-state index contributed by atoms with van der Waals surface area (Å²) in [5, 5.41) is 0. The molecule has 0 N–H and O–H groups in total. The molecule has 0 amide bonds. The Balaban J connectivity index is 1.66. The van der Waals surface area contributed by atoms with Crippen LogP contribution in [0.1, 0.15) is 32.1 Å². The fraction of sp³-hybridized carbons (Fsp3) is 1.00. The number of hydrogen-bond donors (Lipinski definition) is 0. The van der Waals surface area contributed by atoms with Crippen molar-refractivity contribution in [3.05, 3.63) is 0 Å². The predicted molar refractivity (Wildman–Crippen MR) is 61.1 cm³/mol. The maximum absolute atomic E-state index is 5.81. The summed E-state index contributed by atoms with van der Waals surface area (Å²) in [6.45, 7) is 4.17. The topological polar surface area (TPSA) is 18.5 Å². The molecule has 2 aliphatic heterocycles. The maximum atomic E-state index is 5.81. The highest BCUT2D eigenvalue weighted by atomic mass is 16.5. The first-order valence-corrected chi connectivity index (χ1v) is 7.06. The Hall–Kier alpha value is -0.0800. The molecule has 2 aliphatic carbocycles. The molecule has 2 saturated carbocycles. The number of hydrogen-bond acceptors (Lipinski definition) is 2. The zero-order valence-corrected chi connectivity index (χ0v) is 9.99. The van der Waals surface area contributed by atoms with Crippen molar-refractivity contribution in [2.45, 2.75) is 32.1 Å². The fourth-order valence-electron chi connectivity index (χ4n) is 5.29. The van der Waals surface area contributed by atoms with Gasteiger partial charge < -0.3 is 9.47 Å². The van der Waals surface area contributed by atoms with Gasteiger partial charge in [0.25, 0.3) is 0 Å². The second-order valence-electron chi connectivity index (χ2n) is 6.46. The van der Waals surface area contributed by atoms with Gasteiger partial charge >= 0.3 is 0 Å². The van der Waals surface area contributed by atoms with Crippen molar-refractivity contribution in [1.82, 2.24) is 0 Å². The second kappa shape index (κ2) is 3.46. The lowest BCUT2D eigenvalue weighted by atomic mass is 9.57. The molecule has 0 radical (unpaired) electrons. The molecule has 5 atom stereocenters. The van der Waals surface area contributed by atoms with Crippen molar-refractivity contribution in [3.63, 3.8) is 0 Å². The van der Waals surface area contributed by atoms with Gasteiger partial charge in [-0.3, -0.25) is 0 Å². The van der Waals surface area contributed by atoms with Crippen LogP contribution in [0.2, 0.25) is 0 Å². The molecule has 0 bridgehead atoms. The summed E-state index contributed by atoms with van der Waals surface area (Å²) in [4.78, 5) is 0. The minimum Gasteiger partial charge on any atom is -0.381 e. The first-order valence-electron chi connectivity index (χ1n) is 7.06. The predicted octanol–water partition coefficient (Wildman–Crippen LogP) is 2.48. The SMILES string of the molecule is C1CC2CCC34COCC3CCC4C2CO1. The lowest BCUT2D eigenvalue weighted by Gasteiger charge is -2.49. The van der Waals surface area contributed by atoms with Crippen LogP contribution in [0.4, 0.5) is 0 Å². The molecule has 1 spiro atoms. The highest BCUT2D eigenvalue weighted by Crippen LogP contribution is 2.62. The zero-order valence-electron chi connectivity index (χ0n) is 9.99. The molecule has 2 nitrogen and oxygen atoms in total. The molecule has 0 aromatic carbocycles. The molecule has 4 rings (SSSR count). The summed E-state index contributed by atoms with van der Waals surface area (Å²) in [6.07, 6.45) is 7.10. The van der Waals surface area contributed by atoms with Crippen LogP contribution in [0, 0.1) is 29.1 Å². The third kappa shape index (κ3) is 1.15. The normalized spacial score (nSPS) is 55.5. The van der Waals surface area contributed by atoms with Gasteiger partial charge in [0.15, 0.2) is 0 Å². The van der Waals surface area contributed by atoms with Crippen molar-refractivity contribution in [1.29, 1.82) is 0 Å². The standard InChI is InChI=1S/C14H22O2/c1-2-13-12-8-15-6-4-10(12)3-5-14(13)9-16-7-11(1)14/h10-13H,1-9H2. The number of ether oxygens (including phenoxy) is 2. The van der Waals surface area contributed by atoms with Crippen LogP contribution in [0.3, 0.4) is 0 Å². The second-order valence-corrected chi connectivity index (χ2v) is 6.46. The van der Waals surface area contributed by atoms with E-state index in [1.807, 2.05) is 0 Å². The van der Waals surface area contributed by atoms with E-state index >= 15 is 0 Å². The van der Waals surface area contributed by atoms with Crippen molar-refractivity contribution < 1.29 is 9.47 Å². The summed E-state index contributed by atoms with van der Waals surface area (Å²) in [7, 11) is 0. The van der Waals surface area contributed by atoms with Crippen molar-refractivity contribution >= 4 is 0 Å². The minimum atomic E-state index is 0.585. The largest absolute Gasteiger partial charge is 0.381 e. The Morgan fingerprint density at radius 3 is 2.94 bits per heavy atom. The van der Waals surface area contributed by atoms with E-state index in [0.717, 1.165) is 50.1 Å². The minimum absolute atomic E-state index is 0.585. The molecule has 2 saturated heterocycles. The average molecular weight is 222 g/mol. The van der Waals surface area contributed by atoms with Gasteiger partial charge in [-0.1, -0.05) is 0 Å². The van der Waals surface area contributed by atoms with Gasteiger partial charge in [0.05, 0.1) is 13.2 Å².